The lowest BCUT2D eigenvalue weighted by Gasteiger charge is -2.40. The van der Waals surface area contributed by atoms with Crippen LogP contribution >= 0.6 is 0 Å². The minimum Gasteiger partial charge on any atom is -0.341 e. The molecule has 2 aliphatic heterocycles. The normalized spacial score (nSPS) is 27.5. The van der Waals surface area contributed by atoms with Crippen molar-refractivity contribution in [1.82, 2.24) is 9.80 Å². The molecule has 2 saturated heterocycles. The molecule has 98 valence electrons. The van der Waals surface area contributed by atoms with E-state index in [4.69, 9.17) is 0 Å². The van der Waals surface area contributed by atoms with E-state index in [9.17, 15) is 4.79 Å². The van der Waals surface area contributed by atoms with Gasteiger partial charge in [-0.25, -0.2) is 0 Å². The summed E-state index contributed by atoms with van der Waals surface area (Å²) < 4.78 is 0. The Morgan fingerprint density at radius 1 is 1.06 bits per heavy atom. The fourth-order valence-corrected chi connectivity index (χ4v) is 3.02. The lowest BCUT2D eigenvalue weighted by Crippen LogP contribution is -2.51. The summed E-state index contributed by atoms with van der Waals surface area (Å²) in [6.07, 6.45) is 5.12. The van der Waals surface area contributed by atoms with E-state index >= 15 is 0 Å². The van der Waals surface area contributed by atoms with Crippen molar-refractivity contribution in [3.8, 4) is 0 Å². The van der Waals surface area contributed by atoms with Gasteiger partial charge in [0, 0.05) is 24.5 Å². The maximum atomic E-state index is 12.3. The number of carbonyl (C=O) groups is 1. The summed E-state index contributed by atoms with van der Waals surface area (Å²) in [5.74, 6) is 0.321. The fraction of sp³-hybridized carbons (Fsp3) is 0.929. The van der Waals surface area contributed by atoms with Crippen molar-refractivity contribution in [3.63, 3.8) is 0 Å². The highest BCUT2D eigenvalue weighted by Gasteiger charge is 2.33. The van der Waals surface area contributed by atoms with Crippen molar-refractivity contribution in [1.29, 1.82) is 0 Å². The van der Waals surface area contributed by atoms with Gasteiger partial charge in [-0.1, -0.05) is 20.8 Å². The van der Waals surface area contributed by atoms with Gasteiger partial charge in [0.2, 0.25) is 5.91 Å². The van der Waals surface area contributed by atoms with Crippen molar-refractivity contribution >= 4 is 5.91 Å². The van der Waals surface area contributed by atoms with Gasteiger partial charge in [-0.15, -0.1) is 0 Å². The Bertz CT molecular complexity index is 276. The first-order chi connectivity index (χ1) is 7.98. The maximum Gasteiger partial charge on any atom is 0.227 e. The quantitative estimate of drug-likeness (QED) is 0.698. The van der Waals surface area contributed by atoms with Gasteiger partial charge in [-0.05, 0) is 38.8 Å². The zero-order valence-electron chi connectivity index (χ0n) is 11.5. The maximum absolute atomic E-state index is 12.3. The Balaban J connectivity index is 1.94. The third-order valence-electron chi connectivity index (χ3n) is 3.98. The lowest BCUT2D eigenvalue weighted by atomic mass is 9.92. The summed E-state index contributed by atoms with van der Waals surface area (Å²) in [7, 11) is 0. The molecule has 0 aromatic rings. The molecule has 0 spiro atoms. The van der Waals surface area contributed by atoms with E-state index in [1.807, 2.05) is 20.8 Å². The molecular weight excluding hydrogens is 212 g/mol. The van der Waals surface area contributed by atoms with E-state index < -0.39 is 0 Å². The monoisotopic (exact) mass is 238 g/mol. The molecule has 0 aromatic heterocycles. The molecule has 1 atom stereocenters. The second-order valence-corrected chi connectivity index (χ2v) is 6.54. The van der Waals surface area contributed by atoms with Crippen molar-refractivity contribution < 1.29 is 4.79 Å². The number of likely N-dealkylation sites (tertiary alicyclic amines) is 2. The molecule has 2 heterocycles. The van der Waals surface area contributed by atoms with E-state index in [1.54, 1.807) is 0 Å². The summed E-state index contributed by atoms with van der Waals surface area (Å²) in [5, 5.41) is 0. The van der Waals surface area contributed by atoms with Gasteiger partial charge in [0.25, 0.3) is 0 Å². The van der Waals surface area contributed by atoms with Crippen LogP contribution in [0.25, 0.3) is 0 Å². The largest absolute Gasteiger partial charge is 0.341 e. The minimum atomic E-state index is -0.229. The topological polar surface area (TPSA) is 23.6 Å². The van der Waals surface area contributed by atoms with Gasteiger partial charge in [-0.2, -0.15) is 0 Å². The smallest absolute Gasteiger partial charge is 0.227 e. The molecule has 1 unspecified atom stereocenters. The van der Waals surface area contributed by atoms with E-state index in [1.165, 1.54) is 38.8 Å². The van der Waals surface area contributed by atoms with Gasteiger partial charge in [-0.3, -0.25) is 9.69 Å². The van der Waals surface area contributed by atoms with Crippen LogP contribution in [0.15, 0.2) is 0 Å². The van der Waals surface area contributed by atoms with Crippen molar-refractivity contribution in [2.24, 2.45) is 5.41 Å². The minimum absolute atomic E-state index is 0.229. The summed E-state index contributed by atoms with van der Waals surface area (Å²) in [6, 6.07) is 0.623. The third kappa shape index (κ3) is 3.01. The Morgan fingerprint density at radius 3 is 2.29 bits per heavy atom. The Morgan fingerprint density at radius 2 is 1.71 bits per heavy atom. The first-order valence-corrected chi connectivity index (χ1v) is 7.02. The average Bonchev–Trinajstić information content (AvgIpc) is 2.80. The van der Waals surface area contributed by atoms with Crippen molar-refractivity contribution in [2.45, 2.75) is 52.5 Å². The third-order valence-corrected chi connectivity index (χ3v) is 3.98. The number of amides is 1. The predicted molar refractivity (Wildman–Crippen MR) is 69.9 cm³/mol. The number of hydrogen-bond donors (Lipinski definition) is 0. The van der Waals surface area contributed by atoms with Crippen LogP contribution in [0.5, 0.6) is 0 Å². The molecule has 0 bridgehead atoms. The number of rotatable bonds is 1. The van der Waals surface area contributed by atoms with Crippen LogP contribution in [0.1, 0.15) is 46.5 Å². The lowest BCUT2D eigenvalue weighted by molar-refractivity contribution is -0.141. The second kappa shape index (κ2) is 4.97. The SMILES string of the molecule is CC(C)(C)C(=O)N1CCCC(N2CCCC2)C1. The first-order valence-electron chi connectivity index (χ1n) is 7.02. The Labute approximate surface area is 105 Å². The van der Waals surface area contributed by atoms with E-state index in [2.05, 4.69) is 9.80 Å². The summed E-state index contributed by atoms with van der Waals surface area (Å²) in [4.78, 5) is 17.0. The number of hydrogen-bond acceptors (Lipinski definition) is 2. The molecule has 2 rings (SSSR count). The molecule has 0 aliphatic carbocycles. The van der Waals surface area contributed by atoms with Crippen LogP contribution in [0, 0.1) is 5.41 Å². The van der Waals surface area contributed by atoms with Crippen LogP contribution in [-0.2, 0) is 4.79 Å². The van der Waals surface area contributed by atoms with E-state index in [0.29, 0.717) is 11.9 Å². The van der Waals surface area contributed by atoms with E-state index in [-0.39, 0.29) is 5.41 Å². The van der Waals surface area contributed by atoms with Crippen LogP contribution in [-0.4, -0.2) is 47.9 Å². The first kappa shape index (κ1) is 12.9. The second-order valence-electron chi connectivity index (χ2n) is 6.54. The van der Waals surface area contributed by atoms with Gasteiger partial charge < -0.3 is 4.90 Å². The zero-order chi connectivity index (χ0) is 12.5. The molecule has 1 amide bonds. The molecule has 2 fully saturated rings. The molecule has 0 saturated carbocycles. The number of nitrogens with zero attached hydrogens (tertiary/aromatic N) is 2. The molecule has 0 N–H and O–H groups in total. The van der Waals surface area contributed by atoms with Crippen molar-refractivity contribution in [3.05, 3.63) is 0 Å². The Hall–Kier alpha value is -0.570. The highest BCUT2D eigenvalue weighted by molar-refractivity contribution is 5.81. The summed E-state index contributed by atoms with van der Waals surface area (Å²) in [6.45, 7) is 10.5. The average molecular weight is 238 g/mol. The highest BCUT2D eigenvalue weighted by atomic mass is 16.2. The highest BCUT2D eigenvalue weighted by Crippen LogP contribution is 2.24. The van der Waals surface area contributed by atoms with E-state index in [0.717, 1.165) is 13.1 Å². The molecular formula is C14H26N2O. The molecule has 17 heavy (non-hydrogen) atoms. The molecule has 0 aromatic carbocycles. The molecule has 3 nitrogen and oxygen atoms in total. The summed E-state index contributed by atoms with van der Waals surface area (Å²) in [5.41, 5.74) is -0.229. The van der Waals surface area contributed by atoms with Crippen LogP contribution < -0.4 is 0 Å². The molecule has 0 radical (unpaired) electrons. The predicted octanol–water partition coefficient (Wildman–Crippen LogP) is 2.12. The molecule has 2 aliphatic rings. The van der Waals surface area contributed by atoms with Crippen LogP contribution in [0.2, 0.25) is 0 Å². The standard InChI is InChI=1S/C14H26N2O/c1-14(2,3)13(17)16-10-6-7-12(11-16)15-8-4-5-9-15/h12H,4-11H2,1-3H3. The Kier molecular flexibility index (Phi) is 3.76. The zero-order valence-corrected chi connectivity index (χ0v) is 11.5. The number of piperidine rings is 1. The molecule has 3 heteroatoms. The van der Waals surface area contributed by atoms with Gasteiger partial charge in [0.1, 0.15) is 0 Å². The number of carbonyl (C=O) groups excluding carboxylic acids is 1. The van der Waals surface area contributed by atoms with Gasteiger partial charge in [0.05, 0.1) is 0 Å². The van der Waals surface area contributed by atoms with Crippen LogP contribution in [0.3, 0.4) is 0 Å². The fourth-order valence-electron chi connectivity index (χ4n) is 3.02. The van der Waals surface area contributed by atoms with Gasteiger partial charge >= 0.3 is 0 Å². The van der Waals surface area contributed by atoms with Crippen molar-refractivity contribution in [2.75, 3.05) is 26.2 Å². The van der Waals surface area contributed by atoms with Gasteiger partial charge in [0.15, 0.2) is 0 Å². The van der Waals surface area contributed by atoms with Crippen LogP contribution in [0.4, 0.5) is 0 Å². The summed E-state index contributed by atoms with van der Waals surface area (Å²) >= 11 is 0.